The molecule has 7 heteroatoms. The molecule has 1 amide bonds. The number of hydrogen-bond acceptors (Lipinski definition) is 4. The Balaban J connectivity index is 2.32. The van der Waals surface area contributed by atoms with E-state index in [-0.39, 0.29) is 10.7 Å². The number of carbonyl (C=O) groups is 1. The lowest BCUT2D eigenvalue weighted by atomic mass is 10.2. The van der Waals surface area contributed by atoms with E-state index in [1.807, 2.05) is 0 Å². The highest BCUT2D eigenvalue weighted by Gasteiger charge is 2.19. The maximum atomic E-state index is 12.1. The van der Waals surface area contributed by atoms with Crippen molar-refractivity contribution in [2.24, 2.45) is 5.73 Å². The minimum atomic E-state index is -3.80. The van der Waals surface area contributed by atoms with Gasteiger partial charge in [-0.1, -0.05) is 18.2 Å². The van der Waals surface area contributed by atoms with Crippen LogP contribution in [0.25, 0.3) is 0 Å². The Morgan fingerprint density at radius 3 is 2.58 bits per heavy atom. The predicted octanol–water partition coefficient (Wildman–Crippen LogP) is 1.49. The molecule has 0 radical (unpaired) electrons. The molecule has 0 fully saturated rings. The van der Waals surface area contributed by atoms with E-state index < -0.39 is 15.9 Å². The van der Waals surface area contributed by atoms with E-state index in [1.54, 1.807) is 31.2 Å². The third kappa shape index (κ3) is 2.76. The smallest absolute Gasteiger partial charge is 0.284 e. The Hall–Kier alpha value is -2.28. The number of furan rings is 1. The maximum absolute atomic E-state index is 12.1. The van der Waals surface area contributed by atoms with Crippen molar-refractivity contribution in [3.8, 4) is 0 Å². The number of benzene rings is 1. The molecule has 1 aromatic heterocycles. The second-order valence-electron chi connectivity index (χ2n) is 3.93. The molecule has 6 nitrogen and oxygen atoms in total. The Morgan fingerprint density at radius 1 is 1.32 bits per heavy atom. The Morgan fingerprint density at radius 2 is 2.00 bits per heavy atom. The van der Waals surface area contributed by atoms with Crippen molar-refractivity contribution in [3.05, 3.63) is 47.9 Å². The van der Waals surface area contributed by atoms with Crippen LogP contribution in [0, 0.1) is 6.92 Å². The minimum absolute atomic E-state index is 0.149. The van der Waals surface area contributed by atoms with Gasteiger partial charge in [-0.3, -0.25) is 9.52 Å². The van der Waals surface area contributed by atoms with E-state index in [1.165, 1.54) is 0 Å². The lowest BCUT2D eigenvalue weighted by Gasteiger charge is -2.08. The number of amides is 1. The van der Waals surface area contributed by atoms with E-state index in [2.05, 4.69) is 4.72 Å². The van der Waals surface area contributed by atoms with Crippen LogP contribution in [0.1, 0.15) is 16.1 Å². The van der Waals surface area contributed by atoms with Gasteiger partial charge < -0.3 is 10.2 Å². The van der Waals surface area contributed by atoms with Crippen molar-refractivity contribution in [1.82, 2.24) is 0 Å². The fraction of sp³-hybridized carbons (Fsp3) is 0.0833. The van der Waals surface area contributed by atoms with Crippen LogP contribution in [0.4, 0.5) is 5.69 Å². The summed E-state index contributed by atoms with van der Waals surface area (Å²) in [5.74, 6) is -1.03. The lowest BCUT2D eigenvalue weighted by molar-refractivity contribution is 0.0974. The number of carbonyl (C=O) groups excluding carboxylic acids is 1. The summed E-state index contributed by atoms with van der Waals surface area (Å²) in [6.45, 7) is 1.78. The number of para-hydroxylation sites is 1. The largest absolute Gasteiger partial charge is 0.458 e. The standard InChI is InChI=1S/C12H12N2O4S/c1-8-4-2-3-5-10(8)14-19(16,17)9-6-11(12(13)15)18-7-9/h2-7,14H,1H3,(H2,13,15). The number of primary amides is 1. The molecule has 1 aromatic carbocycles. The first-order valence-corrected chi connectivity index (χ1v) is 6.85. The second-order valence-corrected chi connectivity index (χ2v) is 5.61. The van der Waals surface area contributed by atoms with Gasteiger partial charge in [0.15, 0.2) is 5.76 Å². The molecule has 0 unspecified atom stereocenters. The molecule has 0 saturated carbocycles. The van der Waals surface area contributed by atoms with E-state index in [0.29, 0.717) is 5.69 Å². The molecular formula is C12H12N2O4S. The molecule has 0 atom stereocenters. The Kier molecular flexibility index (Phi) is 3.30. The fourth-order valence-electron chi connectivity index (χ4n) is 1.48. The highest BCUT2D eigenvalue weighted by atomic mass is 32.2. The van der Waals surface area contributed by atoms with Gasteiger partial charge in [-0.2, -0.15) is 0 Å². The van der Waals surface area contributed by atoms with Gasteiger partial charge in [-0.25, -0.2) is 8.42 Å². The van der Waals surface area contributed by atoms with Gasteiger partial charge >= 0.3 is 0 Å². The summed E-state index contributed by atoms with van der Waals surface area (Å²) in [6.07, 6.45) is 0.973. The fourth-order valence-corrected chi connectivity index (χ4v) is 2.55. The first kappa shape index (κ1) is 13.2. The van der Waals surface area contributed by atoms with Crippen molar-refractivity contribution < 1.29 is 17.6 Å². The summed E-state index contributed by atoms with van der Waals surface area (Å²) in [4.78, 5) is 10.7. The monoisotopic (exact) mass is 280 g/mol. The van der Waals surface area contributed by atoms with E-state index in [4.69, 9.17) is 10.2 Å². The van der Waals surface area contributed by atoms with Gasteiger partial charge in [0.1, 0.15) is 11.2 Å². The average molecular weight is 280 g/mol. The number of aryl methyl sites for hydroxylation is 1. The molecule has 0 aliphatic carbocycles. The topological polar surface area (TPSA) is 102 Å². The SMILES string of the molecule is Cc1ccccc1NS(=O)(=O)c1coc(C(N)=O)c1. The van der Waals surface area contributed by atoms with Gasteiger partial charge in [-0.05, 0) is 18.6 Å². The molecule has 1 heterocycles. The van der Waals surface area contributed by atoms with Gasteiger partial charge in [0.2, 0.25) is 0 Å². The van der Waals surface area contributed by atoms with Gasteiger partial charge in [0.25, 0.3) is 15.9 Å². The minimum Gasteiger partial charge on any atom is -0.458 e. The molecule has 2 rings (SSSR count). The van der Waals surface area contributed by atoms with E-state index in [9.17, 15) is 13.2 Å². The van der Waals surface area contributed by atoms with Gasteiger partial charge in [0, 0.05) is 6.07 Å². The normalized spacial score (nSPS) is 11.2. The zero-order chi connectivity index (χ0) is 14.0. The number of anilines is 1. The summed E-state index contributed by atoms with van der Waals surface area (Å²) in [6, 6.07) is 8.03. The third-order valence-corrected chi connectivity index (χ3v) is 3.84. The average Bonchev–Trinajstić information content (AvgIpc) is 2.82. The maximum Gasteiger partial charge on any atom is 0.284 e. The highest BCUT2D eigenvalue weighted by Crippen LogP contribution is 2.20. The highest BCUT2D eigenvalue weighted by molar-refractivity contribution is 7.92. The van der Waals surface area contributed by atoms with Crippen LogP contribution in [0.5, 0.6) is 0 Å². The van der Waals surface area contributed by atoms with Crippen molar-refractivity contribution in [2.75, 3.05) is 4.72 Å². The Labute approximate surface area is 110 Å². The molecule has 3 N–H and O–H groups in total. The zero-order valence-electron chi connectivity index (χ0n) is 10.1. The first-order valence-electron chi connectivity index (χ1n) is 5.37. The van der Waals surface area contributed by atoms with Crippen molar-refractivity contribution in [2.45, 2.75) is 11.8 Å². The summed E-state index contributed by atoms with van der Waals surface area (Å²) < 4.78 is 31.3. The molecule has 0 aliphatic heterocycles. The van der Waals surface area contributed by atoms with Crippen molar-refractivity contribution in [3.63, 3.8) is 0 Å². The molecular weight excluding hydrogens is 268 g/mol. The summed E-state index contributed by atoms with van der Waals surface area (Å²) >= 11 is 0. The van der Waals surface area contributed by atoms with Crippen LogP contribution >= 0.6 is 0 Å². The van der Waals surface area contributed by atoms with E-state index in [0.717, 1.165) is 17.9 Å². The summed E-state index contributed by atoms with van der Waals surface area (Å²) in [5.41, 5.74) is 6.24. The second kappa shape index (κ2) is 4.77. The van der Waals surface area contributed by atoms with Crippen LogP contribution in [0.3, 0.4) is 0 Å². The molecule has 19 heavy (non-hydrogen) atoms. The number of sulfonamides is 1. The van der Waals surface area contributed by atoms with Gasteiger partial charge in [-0.15, -0.1) is 0 Å². The van der Waals surface area contributed by atoms with Crippen LogP contribution in [-0.4, -0.2) is 14.3 Å². The first-order chi connectivity index (χ1) is 8.90. The Bertz CT molecular complexity index is 719. The number of nitrogens with two attached hydrogens (primary N) is 1. The lowest BCUT2D eigenvalue weighted by Crippen LogP contribution is -2.13. The van der Waals surface area contributed by atoms with Crippen LogP contribution in [0.2, 0.25) is 0 Å². The number of hydrogen-bond donors (Lipinski definition) is 2. The summed E-state index contributed by atoms with van der Waals surface area (Å²) in [5, 5.41) is 0. The van der Waals surface area contributed by atoms with E-state index >= 15 is 0 Å². The van der Waals surface area contributed by atoms with Crippen molar-refractivity contribution >= 4 is 21.6 Å². The van der Waals surface area contributed by atoms with Crippen LogP contribution in [0.15, 0.2) is 45.9 Å². The summed E-state index contributed by atoms with van der Waals surface area (Å²) in [7, 11) is -3.80. The number of rotatable bonds is 4. The molecule has 2 aromatic rings. The molecule has 0 spiro atoms. The third-order valence-electron chi connectivity index (χ3n) is 2.52. The van der Waals surface area contributed by atoms with Crippen molar-refractivity contribution in [1.29, 1.82) is 0 Å². The van der Waals surface area contributed by atoms with Gasteiger partial charge in [0.05, 0.1) is 5.69 Å². The zero-order valence-corrected chi connectivity index (χ0v) is 10.9. The molecule has 100 valence electrons. The van der Waals surface area contributed by atoms with Crippen LogP contribution in [-0.2, 0) is 10.0 Å². The van der Waals surface area contributed by atoms with Crippen LogP contribution < -0.4 is 10.5 Å². The molecule has 0 bridgehead atoms. The quantitative estimate of drug-likeness (QED) is 0.885. The predicted molar refractivity (Wildman–Crippen MR) is 69.2 cm³/mol. The molecule has 0 aliphatic rings. The molecule has 0 saturated heterocycles. The number of nitrogens with one attached hydrogen (secondary N) is 1.